The van der Waals surface area contributed by atoms with Gasteiger partial charge < -0.3 is 15.3 Å². The van der Waals surface area contributed by atoms with Gasteiger partial charge in [0.15, 0.2) is 11.5 Å². The lowest BCUT2D eigenvalue weighted by molar-refractivity contribution is 0.355. The Hall–Kier alpha value is -3.15. The Labute approximate surface area is 132 Å². The molecule has 0 spiro atoms. The Morgan fingerprint density at radius 1 is 0.957 bits per heavy atom. The van der Waals surface area contributed by atoms with Gasteiger partial charge in [0.2, 0.25) is 5.78 Å². The molecule has 23 heavy (non-hydrogen) atoms. The summed E-state index contributed by atoms with van der Waals surface area (Å²) < 4.78 is 14.2. The zero-order valence-electron chi connectivity index (χ0n) is 12.9. The van der Waals surface area contributed by atoms with E-state index >= 15 is 0 Å². The van der Waals surface area contributed by atoms with Crippen molar-refractivity contribution in [2.45, 2.75) is 0 Å². The van der Waals surface area contributed by atoms with Crippen molar-refractivity contribution in [3.63, 3.8) is 0 Å². The van der Waals surface area contributed by atoms with Crippen LogP contribution in [0.2, 0.25) is 0 Å². The molecule has 116 valence electrons. The molecule has 0 aliphatic carbocycles. The highest BCUT2D eigenvalue weighted by atomic mass is 16.5. The third-order valence-electron chi connectivity index (χ3n) is 3.98. The fourth-order valence-corrected chi connectivity index (χ4v) is 2.83. The molecule has 2 N–H and O–H groups in total. The van der Waals surface area contributed by atoms with Gasteiger partial charge in [-0.25, -0.2) is 9.66 Å². The summed E-state index contributed by atoms with van der Waals surface area (Å²) in [5, 5.41) is 0. The number of benzene rings is 2. The van der Waals surface area contributed by atoms with E-state index in [9.17, 15) is 0 Å². The maximum atomic E-state index is 6.16. The molecule has 2 aromatic heterocycles. The smallest absolute Gasteiger partial charge is 0.234 e. The number of para-hydroxylation sites is 2. The quantitative estimate of drug-likeness (QED) is 0.591. The van der Waals surface area contributed by atoms with E-state index in [1.54, 1.807) is 18.9 Å². The molecular formula is C17H16N4O2. The molecule has 6 heteroatoms. The molecule has 0 aliphatic heterocycles. The molecule has 4 aromatic rings. The summed E-state index contributed by atoms with van der Waals surface area (Å²) in [5.74, 6) is 8.21. The van der Waals surface area contributed by atoms with Crippen LogP contribution in [0, 0.1) is 0 Å². The molecule has 6 nitrogen and oxygen atoms in total. The normalized spacial score (nSPS) is 11.2. The van der Waals surface area contributed by atoms with Crippen LogP contribution in [0.25, 0.3) is 28.1 Å². The minimum atomic E-state index is 0.670. The summed E-state index contributed by atoms with van der Waals surface area (Å²) >= 11 is 0. The molecule has 0 atom stereocenters. The lowest BCUT2D eigenvalue weighted by atomic mass is 10.1. The first-order valence-corrected chi connectivity index (χ1v) is 7.19. The molecule has 0 radical (unpaired) electrons. The second-order valence-electron chi connectivity index (χ2n) is 5.22. The predicted octanol–water partition coefficient (Wildman–Crippen LogP) is 2.69. The molecule has 0 saturated carbocycles. The van der Waals surface area contributed by atoms with Gasteiger partial charge in [-0.3, -0.25) is 4.40 Å². The number of nitrogen functional groups attached to an aromatic ring is 1. The zero-order valence-corrected chi connectivity index (χ0v) is 12.9. The number of fused-ring (bicyclic) bond motifs is 3. The molecule has 0 fully saturated rings. The van der Waals surface area contributed by atoms with Gasteiger partial charge >= 0.3 is 0 Å². The van der Waals surface area contributed by atoms with Gasteiger partial charge in [-0.05, 0) is 30.3 Å². The highest BCUT2D eigenvalue weighted by molar-refractivity contribution is 5.82. The van der Waals surface area contributed by atoms with E-state index in [0.29, 0.717) is 17.3 Å². The maximum Gasteiger partial charge on any atom is 0.234 e. The number of methoxy groups -OCH3 is 2. The first kappa shape index (κ1) is 13.5. The van der Waals surface area contributed by atoms with Crippen LogP contribution in [-0.2, 0) is 0 Å². The third kappa shape index (κ3) is 1.92. The molecule has 0 unspecified atom stereocenters. The Kier molecular flexibility index (Phi) is 2.90. The van der Waals surface area contributed by atoms with Gasteiger partial charge in [0.05, 0.1) is 30.9 Å². The van der Waals surface area contributed by atoms with Gasteiger partial charge in [-0.2, -0.15) is 0 Å². The van der Waals surface area contributed by atoms with Crippen LogP contribution in [0.15, 0.2) is 48.7 Å². The summed E-state index contributed by atoms with van der Waals surface area (Å²) in [6.45, 7) is 0. The summed E-state index contributed by atoms with van der Waals surface area (Å²) in [4.78, 5) is 4.66. The van der Waals surface area contributed by atoms with Crippen molar-refractivity contribution < 1.29 is 9.47 Å². The van der Waals surface area contributed by atoms with Gasteiger partial charge in [0, 0.05) is 11.8 Å². The van der Waals surface area contributed by atoms with E-state index in [1.807, 2.05) is 53.1 Å². The monoisotopic (exact) mass is 308 g/mol. The largest absolute Gasteiger partial charge is 0.493 e. The van der Waals surface area contributed by atoms with Crippen LogP contribution in [0.4, 0.5) is 0 Å². The highest BCUT2D eigenvalue weighted by Crippen LogP contribution is 2.32. The van der Waals surface area contributed by atoms with Crippen LogP contribution in [-0.4, -0.2) is 28.3 Å². The topological polar surface area (TPSA) is 66.7 Å². The van der Waals surface area contributed by atoms with Crippen molar-refractivity contribution in [1.82, 2.24) is 14.1 Å². The first-order chi connectivity index (χ1) is 11.2. The first-order valence-electron chi connectivity index (χ1n) is 7.19. The minimum Gasteiger partial charge on any atom is -0.493 e. The average Bonchev–Trinajstić information content (AvgIpc) is 3.14. The predicted molar refractivity (Wildman–Crippen MR) is 89.4 cm³/mol. The highest BCUT2D eigenvalue weighted by Gasteiger charge is 2.14. The van der Waals surface area contributed by atoms with Crippen molar-refractivity contribution >= 4 is 16.8 Å². The number of nitrogens with two attached hydrogens (primary N) is 1. The summed E-state index contributed by atoms with van der Waals surface area (Å²) in [6, 6.07) is 13.7. The lowest BCUT2D eigenvalue weighted by Crippen LogP contribution is -2.07. The number of hydrogen-bond acceptors (Lipinski definition) is 4. The Morgan fingerprint density at radius 2 is 1.70 bits per heavy atom. The van der Waals surface area contributed by atoms with Crippen LogP contribution in [0.5, 0.6) is 11.5 Å². The van der Waals surface area contributed by atoms with Crippen LogP contribution >= 0.6 is 0 Å². The summed E-state index contributed by atoms with van der Waals surface area (Å²) in [5.41, 5.74) is 3.72. The zero-order chi connectivity index (χ0) is 16.0. The number of rotatable bonds is 3. The maximum absolute atomic E-state index is 6.16. The fraction of sp³-hybridized carbons (Fsp3) is 0.118. The summed E-state index contributed by atoms with van der Waals surface area (Å²) in [6.07, 6.45) is 1.97. The van der Waals surface area contributed by atoms with Crippen molar-refractivity contribution in [3.8, 4) is 22.8 Å². The standard InChI is InChI=1S/C17H16N4O2/c1-22-15-8-7-11(9-16(15)23-2)12-10-20-13-5-3-4-6-14(13)21(18)17(20)19-12/h3-10H,18H2,1-2H3. The van der Waals surface area contributed by atoms with E-state index in [-0.39, 0.29) is 0 Å². The molecule has 0 saturated heterocycles. The average molecular weight is 308 g/mol. The van der Waals surface area contributed by atoms with E-state index in [2.05, 4.69) is 4.98 Å². The van der Waals surface area contributed by atoms with Crippen LogP contribution < -0.4 is 15.3 Å². The van der Waals surface area contributed by atoms with Gasteiger partial charge in [0.25, 0.3) is 0 Å². The number of aromatic nitrogens is 3. The molecule has 4 rings (SSSR count). The van der Waals surface area contributed by atoms with Crippen LogP contribution in [0.1, 0.15) is 0 Å². The molecular weight excluding hydrogens is 292 g/mol. The van der Waals surface area contributed by atoms with Gasteiger partial charge in [-0.15, -0.1) is 0 Å². The number of imidazole rings is 2. The fourth-order valence-electron chi connectivity index (χ4n) is 2.83. The Bertz CT molecular complexity index is 1020. The number of hydrogen-bond donors (Lipinski definition) is 1. The SMILES string of the molecule is COc1ccc(-c2cn3c4ccccc4n(N)c3n2)cc1OC. The van der Waals surface area contributed by atoms with Crippen molar-refractivity contribution in [2.75, 3.05) is 20.1 Å². The van der Waals surface area contributed by atoms with Crippen molar-refractivity contribution in [3.05, 3.63) is 48.7 Å². The second kappa shape index (κ2) is 4.95. The molecule has 0 amide bonds. The summed E-state index contributed by atoms with van der Waals surface area (Å²) in [7, 11) is 3.23. The second-order valence-corrected chi connectivity index (χ2v) is 5.22. The van der Waals surface area contributed by atoms with Crippen molar-refractivity contribution in [2.24, 2.45) is 0 Å². The van der Waals surface area contributed by atoms with Crippen molar-refractivity contribution in [1.29, 1.82) is 0 Å². The molecule has 2 aromatic carbocycles. The molecule has 2 heterocycles. The number of ether oxygens (including phenoxy) is 2. The Balaban J connectivity index is 1.91. The third-order valence-corrected chi connectivity index (χ3v) is 3.98. The lowest BCUT2D eigenvalue weighted by Gasteiger charge is -2.08. The van der Waals surface area contributed by atoms with E-state index < -0.39 is 0 Å². The minimum absolute atomic E-state index is 0.670. The Morgan fingerprint density at radius 3 is 2.43 bits per heavy atom. The van der Waals surface area contributed by atoms with E-state index in [4.69, 9.17) is 15.3 Å². The van der Waals surface area contributed by atoms with Gasteiger partial charge in [0.1, 0.15) is 0 Å². The van der Waals surface area contributed by atoms with E-state index in [0.717, 1.165) is 22.3 Å². The molecule has 0 bridgehead atoms. The van der Waals surface area contributed by atoms with Gasteiger partial charge in [-0.1, -0.05) is 12.1 Å². The molecule has 0 aliphatic rings. The van der Waals surface area contributed by atoms with Crippen LogP contribution in [0.3, 0.4) is 0 Å². The number of nitrogens with zero attached hydrogens (tertiary/aromatic N) is 3. The van der Waals surface area contributed by atoms with E-state index in [1.165, 1.54) is 0 Å².